The molecule has 5 nitrogen and oxygen atoms in total. The lowest BCUT2D eigenvalue weighted by molar-refractivity contribution is 0.0963. The summed E-state index contributed by atoms with van der Waals surface area (Å²) in [7, 11) is 0. The van der Waals surface area contributed by atoms with Crippen molar-refractivity contribution in [2.45, 2.75) is 6.54 Å². The van der Waals surface area contributed by atoms with Crippen molar-refractivity contribution in [3.05, 3.63) is 54.4 Å². The van der Waals surface area contributed by atoms with E-state index in [0.29, 0.717) is 5.69 Å². The molecular weight excluding hydrogens is 228 g/mol. The summed E-state index contributed by atoms with van der Waals surface area (Å²) >= 11 is 0. The Kier molecular flexibility index (Phi) is 2.57. The van der Waals surface area contributed by atoms with Gasteiger partial charge < -0.3 is 0 Å². The molecule has 1 aromatic carbocycles. The highest BCUT2D eigenvalue weighted by Gasteiger charge is 2.10. The third-order valence-electron chi connectivity index (χ3n) is 2.66. The number of fused-ring (bicyclic) bond motifs is 1. The highest BCUT2D eigenvalue weighted by atomic mass is 16.1. The van der Waals surface area contributed by atoms with Crippen LogP contribution in [0.2, 0.25) is 0 Å². The minimum atomic E-state index is -0.0775. The summed E-state index contributed by atoms with van der Waals surface area (Å²) in [6, 6.07) is 12.8. The Labute approximate surface area is 103 Å². The second kappa shape index (κ2) is 4.37. The van der Waals surface area contributed by atoms with Crippen molar-refractivity contribution in [3.8, 4) is 0 Å². The van der Waals surface area contributed by atoms with Crippen LogP contribution in [0.4, 0.5) is 0 Å². The van der Waals surface area contributed by atoms with Crippen LogP contribution in [0, 0.1) is 0 Å². The molecule has 0 fully saturated rings. The summed E-state index contributed by atoms with van der Waals surface area (Å²) in [6.45, 7) is 0.150. The smallest absolute Gasteiger partial charge is 0.202 e. The average Bonchev–Trinajstić information content (AvgIpc) is 2.83. The van der Waals surface area contributed by atoms with Gasteiger partial charge in [0.1, 0.15) is 17.8 Å². The number of para-hydroxylation sites is 1. The van der Waals surface area contributed by atoms with Gasteiger partial charge in [0, 0.05) is 6.20 Å². The molecule has 0 N–H and O–H groups in total. The fraction of sp³-hybridized carbons (Fsp3) is 0.0769. The van der Waals surface area contributed by atoms with Gasteiger partial charge in [-0.3, -0.25) is 9.78 Å². The summed E-state index contributed by atoms with van der Waals surface area (Å²) in [6.07, 6.45) is 1.60. The van der Waals surface area contributed by atoms with Crippen LogP contribution in [0.25, 0.3) is 11.0 Å². The average molecular weight is 238 g/mol. The lowest BCUT2D eigenvalue weighted by Gasteiger charge is -2.01. The molecule has 5 heteroatoms. The van der Waals surface area contributed by atoms with Gasteiger partial charge in [0.05, 0.1) is 5.52 Å². The molecule has 0 aliphatic heterocycles. The molecule has 0 amide bonds. The zero-order valence-electron chi connectivity index (χ0n) is 9.52. The van der Waals surface area contributed by atoms with Crippen molar-refractivity contribution in [2.75, 3.05) is 0 Å². The standard InChI is InChI=1S/C13H10N4O/c18-13(11-6-3-4-8-14-11)9-17-12-7-2-1-5-10(12)15-16-17/h1-8H,9H2. The number of rotatable bonds is 3. The molecular formula is C13H10N4O. The maximum absolute atomic E-state index is 12.0. The minimum Gasteiger partial charge on any atom is -0.290 e. The van der Waals surface area contributed by atoms with Crippen molar-refractivity contribution >= 4 is 16.8 Å². The summed E-state index contributed by atoms with van der Waals surface area (Å²) in [5.41, 5.74) is 2.07. The lowest BCUT2D eigenvalue weighted by Crippen LogP contribution is -2.12. The number of aromatic nitrogens is 4. The number of Topliss-reactive ketones (excluding diaryl/α,β-unsaturated/α-hetero) is 1. The Morgan fingerprint density at radius 2 is 1.94 bits per heavy atom. The first-order valence-electron chi connectivity index (χ1n) is 5.57. The van der Waals surface area contributed by atoms with E-state index < -0.39 is 0 Å². The van der Waals surface area contributed by atoms with E-state index in [1.54, 1.807) is 29.1 Å². The van der Waals surface area contributed by atoms with Crippen molar-refractivity contribution in [3.63, 3.8) is 0 Å². The number of carbonyl (C=O) groups excluding carboxylic acids is 1. The SMILES string of the molecule is O=C(Cn1nnc2ccccc21)c1ccccn1. The normalized spacial score (nSPS) is 10.7. The summed E-state index contributed by atoms with van der Waals surface area (Å²) in [5, 5.41) is 7.98. The molecule has 0 atom stereocenters. The van der Waals surface area contributed by atoms with Crippen molar-refractivity contribution in [2.24, 2.45) is 0 Å². The molecule has 0 spiro atoms. The molecule has 3 aromatic rings. The molecule has 2 aromatic heterocycles. The van der Waals surface area contributed by atoms with Crippen LogP contribution in [-0.2, 0) is 6.54 Å². The quantitative estimate of drug-likeness (QED) is 0.652. The van der Waals surface area contributed by atoms with Gasteiger partial charge in [-0.25, -0.2) is 4.68 Å². The van der Waals surface area contributed by atoms with Gasteiger partial charge in [-0.15, -0.1) is 5.10 Å². The van der Waals surface area contributed by atoms with Gasteiger partial charge in [0.25, 0.3) is 0 Å². The van der Waals surface area contributed by atoms with Crippen molar-refractivity contribution < 1.29 is 4.79 Å². The van der Waals surface area contributed by atoms with E-state index in [4.69, 9.17) is 0 Å². The number of hydrogen-bond donors (Lipinski definition) is 0. The third-order valence-corrected chi connectivity index (χ3v) is 2.66. The Morgan fingerprint density at radius 1 is 1.11 bits per heavy atom. The zero-order chi connectivity index (χ0) is 12.4. The summed E-state index contributed by atoms with van der Waals surface area (Å²) < 4.78 is 1.59. The fourth-order valence-corrected chi connectivity index (χ4v) is 1.78. The Morgan fingerprint density at radius 3 is 2.78 bits per heavy atom. The maximum atomic E-state index is 12.0. The Bertz CT molecular complexity index is 690. The van der Waals surface area contributed by atoms with Gasteiger partial charge in [-0.2, -0.15) is 0 Å². The van der Waals surface area contributed by atoms with Gasteiger partial charge in [0.15, 0.2) is 0 Å². The Hall–Kier alpha value is -2.56. The molecule has 0 saturated heterocycles. The van der Waals surface area contributed by atoms with E-state index in [1.807, 2.05) is 24.3 Å². The predicted molar refractivity (Wildman–Crippen MR) is 66.1 cm³/mol. The molecule has 0 saturated carbocycles. The van der Waals surface area contributed by atoms with E-state index in [9.17, 15) is 4.79 Å². The summed E-state index contributed by atoms with van der Waals surface area (Å²) in [5.74, 6) is -0.0775. The molecule has 18 heavy (non-hydrogen) atoms. The second-order valence-corrected chi connectivity index (χ2v) is 3.87. The minimum absolute atomic E-state index is 0.0775. The first-order chi connectivity index (χ1) is 8.84. The number of benzene rings is 1. The van der Waals surface area contributed by atoms with Crippen LogP contribution >= 0.6 is 0 Å². The van der Waals surface area contributed by atoms with Crippen LogP contribution in [0.1, 0.15) is 10.5 Å². The molecule has 3 rings (SSSR count). The van der Waals surface area contributed by atoms with Crippen LogP contribution in [0.5, 0.6) is 0 Å². The van der Waals surface area contributed by atoms with Crippen LogP contribution < -0.4 is 0 Å². The molecule has 0 aliphatic rings. The first kappa shape index (κ1) is 10.6. The van der Waals surface area contributed by atoms with E-state index in [0.717, 1.165) is 11.0 Å². The maximum Gasteiger partial charge on any atom is 0.202 e. The first-order valence-corrected chi connectivity index (χ1v) is 5.57. The van der Waals surface area contributed by atoms with Gasteiger partial charge in [0.2, 0.25) is 5.78 Å². The molecule has 2 heterocycles. The highest BCUT2D eigenvalue weighted by molar-refractivity contribution is 5.94. The van der Waals surface area contributed by atoms with Gasteiger partial charge >= 0.3 is 0 Å². The fourth-order valence-electron chi connectivity index (χ4n) is 1.78. The van der Waals surface area contributed by atoms with E-state index in [2.05, 4.69) is 15.3 Å². The predicted octanol–water partition coefficient (Wildman–Crippen LogP) is 1.71. The van der Waals surface area contributed by atoms with E-state index >= 15 is 0 Å². The van der Waals surface area contributed by atoms with Gasteiger partial charge in [-0.1, -0.05) is 23.4 Å². The summed E-state index contributed by atoms with van der Waals surface area (Å²) in [4.78, 5) is 16.0. The molecule has 0 unspecified atom stereocenters. The van der Waals surface area contributed by atoms with Gasteiger partial charge in [-0.05, 0) is 24.3 Å². The highest BCUT2D eigenvalue weighted by Crippen LogP contribution is 2.10. The second-order valence-electron chi connectivity index (χ2n) is 3.87. The lowest BCUT2D eigenvalue weighted by atomic mass is 10.2. The van der Waals surface area contributed by atoms with Crippen LogP contribution in [0.3, 0.4) is 0 Å². The number of ketones is 1. The number of nitrogens with zero attached hydrogens (tertiary/aromatic N) is 4. The molecule has 88 valence electrons. The van der Waals surface area contributed by atoms with Crippen molar-refractivity contribution in [1.29, 1.82) is 0 Å². The molecule has 0 bridgehead atoms. The molecule has 0 aliphatic carbocycles. The largest absolute Gasteiger partial charge is 0.290 e. The molecule has 0 radical (unpaired) electrons. The number of carbonyl (C=O) groups is 1. The number of pyridine rings is 1. The Balaban J connectivity index is 1.91. The topological polar surface area (TPSA) is 60.7 Å². The van der Waals surface area contributed by atoms with Crippen LogP contribution in [0.15, 0.2) is 48.7 Å². The van der Waals surface area contributed by atoms with Crippen molar-refractivity contribution in [1.82, 2.24) is 20.0 Å². The van der Waals surface area contributed by atoms with Crippen LogP contribution in [-0.4, -0.2) is 25.8 Å². The monoisotopic (exact) mass is 238 g/mol. The zero-order valence-corrected chi connectivity index (χ0v) is 9.52. The number of hydrogen-bond acceptors (Lipinski definition) is 4. The van der Waals surface area contributed by atoms with E-state index in [-0.39, 0.29) is 12.3 Å². The third kappa shape index (κ3) is 1.86. The van der Waals surface area contributed by atoms with E-state index in [1.165, 1.54) is 0 Å².